The first-order chi connectivity index (χ1) is 10.2. The molecule has 1 aromatic carbocycles. The second-order valence-corrected chi connectivity index (χ2v) is 5.89. The van der Waals surface area contributed by atoms with Crippen LogP contribution in [0.25, 0.3) is 0 Å². The van der Waals surface area contributed by atoms with E-state index in [9.17, 15) is 13.6 Å². The quantitative estimate of drug-likeness (QED) is 0.837. The highest BCUT2D eigenvalue weighted by Crippen LogP contribution is 2.22. The predicted molar refractivity (Wildman–Crippen MR) is 76.1 cm³/mol. The number of hydrogen-bond donors (Lipinski definition) is 0. The molecule has 2 aliphatic heterocycles. The molecule has 0 aliphatic carbocycles. The Morgan fingerprint density at radius 1 is 1.10 bits per heavy atom. The molecule has 0 radical (unpaired) electrons. The first-order valence-corrected chi connectivity index (χ1v) is 7.64. The second-order valence-electron chi connectivity index (χ2n) is 5.89. The molecule has 5 heteroatoms. The number of rotatable bonds is 2. The van der Waals surface area contributed by atoms with Crippen molar-refractivity contribution in [1.29, 1.82) is 0 Å². The van der Waals surface area contributed by atoms with Crippen LogP contribution in [0.4, 0.5) is 8.78 Å². The van der Waals surface area contributed by atoms with Gasteiger partial charge in [-0.25, -0.2) is 8.78 Å². The molecule has 0 aromatic heterocycles. The molecule has 114 valence electrons. The van der Waals surface area contributed by atoms with Gasteiger partial charge in [-0.3, -0.25) is 9.69 Å². The van der Waals surface area contributed by atoms with Gasteiger partial charge in [0.05, 0.1) is 5.56 Å². The van der Waals surface area contributed by atoms with Crippen LogP contribution in [0.3, 0.4) is 0 Å². The van der Waals surface area contributed by atoms with E-state index in [4.69, 9.17) is 0 Å². The Bertz CT molecular complexity index is 529. The number of carbonyl (C=O) groups is 1. The van der Waals surface area contributed by atoms with Crippen LogP contribution in [-0.4, -0.2) is 47.9 Å². The molecule has 0 N–H and O–H groups in total. The standard InChI is InChI=1S/C16H20F2N2O/c17-14-6-4-5-13(15(14)18)16(21)20-10-7-12(11-20)19-8-2-1-3-9-19/h4-6,12H,1-3,7-11H2. The van der Waals surface area contributed by atoms with E-state index in [0.717, 1.165) is 25.6 Å². The lowest BCUT2D eigenvalue weighted by Gasteiger charge is -2.32. The van der Waals surface area contributed by atoms with Gasteiger partial charge in [0.2, 0.25) is 0 Å². The Labute approximate surface area is 123 Å². The minimum Gasteiger partial charge on any atom is -0.337 e. The van der Waals surface area contributed by atoms with Gasteiger partial charge in [0.25, 0.3) is 5.91 Å². The summed E-state index contributed by atoms with van der Waals surface area (Å²) in [5, 5.41) is 0. The molecule has 3 rings (SSSR count). The van der Waals surface area contributed by atoms with E-state index < -0.39 is 17.5 Å². The summed E-state index contributed by atoms with van der Waals surface area (Å²) in [4.78, 5) is 16.4. The summed E-state index contributed by atoms with van der Waals surface area (Å²) < 4.78 is 27.0. The minimum atomic E-state index is -1.04. The maximum atomic E-state index is 13.7. The third-order valence-electron chi connectivity index (χ3n) is 4.54. The van der Waals surface area contributed by atoms with Crippen molar-refractivity contribution in [3.05, 3.63) is 35.4 Å². The summed E-state index contributed by atoms with van der Waals surface area (Å²) in [6.07, 6.45) is 4.62. The molecule has 3 nitrogen and oxygen atoms in total. The molecule has 2 heterocycles. The van der Waals surface area contributed by atoms with Gasteiger partial charge < -0.3 is 4.90 Å². The average Bonchev–Trinajstić information content (AvgIpc) is 3.00. The van der Waals surface area contributed by atoms with Gasteiger partial charge in [0, 0.05) is 19.1 Å². The lowest BCUT2D eigenvalue weighted by atomic mass is 10.1. The minimum absolute atomic E-state index is 0.158. The van der Waals surface area contributed by atoms with Crippen LogP contribution in [0.5, 0.6) is 0 Å². The zero-order chi connectivity index (χ0) is 14.8. The molecule has 0 saturated carbocycles. The van der Waals surface area contributed by atoms with Gasteiger partial charge >= 0.3 is 0 Å². The molecule has 2 fully saturated rings. The monoisotopic (exact) mass is 294 g/mol. The molecule has 1 aromatic rings. The summed E-state index contributed by atoms with van der Waals surface area (Å²) in [6, 6.07) is 4.14. The zero-order valence-electron chi connectivity index (χ0n) is 12.0. The Morgan fingerprint density at radius 3 is 2.62 bits per heavy atom. The second kappa shape index (κ2) is 6.10. The number of benzene rings is 1. The van der Waals surface area contributed by atoms with Gasteiger partial charge in [-0.15, -0.1) is 0 Å². The van der Waals surface area contributed by atoms with E-state index >= 15 is 0 Å². The fourth-order valence-corrected chi connectivity index (χ4v) is 3.35. The van der Waals surface area contributed by atoms with Gasteiger partial charge in [0.1, 0.15) is 0 Å². The average molecular weight is 294 g/mol. The summed E-state index contributed by atoms with van der Waals surface area (Å²) in [7, 11) is 0. The normalized spacial score (nSPS) is 23.5. The number of nitrogens with zero attached hydrogens (tertiary/aromatic N) is 2. The van der Waals surface area contributed by atoms with Crippen LogP contribution >= 0.6 is 0 Å². The number of carbonyl (C=O) groups excluding carboxylic acids is 1. The van der Waals surface area contributed by atoms with Crippen molar-refractivity contribution in [2.75, 3.05) is 26.2 Å². The third kappa shape index (κ3) is 2.93. The molecular weight excluding hydrogens is 274 g/mol. The number of likely N-dealkylation sites (tertiary alicyclic amines) is 2. The highest BCUT2D eigenvalue weighted by Gasteiger charge is 2.32. The fourth-order valence-electron chi connectivity index (χ4n) is 3.35. The first kappa shape index (κ1) is 14.4. The largest absolute Gasteiger partial charge is 0.337 e. The van der Waals surface area contributed by atoms with E-state index in [1.54, 1.807) is 4.90 Å². The number of hydrogen-bond acceptors (Lipinski definition) is 2. The number of halogens is 2. The van der Waals surface area contributed by atoms with Crippen molar-refractivity contribution in [2.45, 2.75) is 31.7 Å². The van der Waals surface area contributed by atoms with E-state index in [-0.39, 0.29) is 5.56 Å². The Hall–Kier alpha value is -1.49. The van der Waals surface area contributed by atoms with Crippen molar-refractivity contribution in [3.63, 3.8) is 0 Å². The van der Waals surface area contributed by atoms with Gasteiger partial charge in [0.15, 0.2) is 11.6 Å². The Morgan fingerprint density at radius 2 is 1.86 bits per heavy atom. The number of piperidine rings is 1. The molecule has 1 unspecified atom stereocenters. The molecule has 0 spiro atoms. The molecule has 2 saturated heterocycles. The molecule has 2 aliphatic rings. The summed E-state index contributed by atoms with van der Waals surface area (Å²) in [6.45, 7) is 3.41. The van der Waals surface area contributed by atoms with Gasteiger partial charge in [-0.2, -0.15) is 0 Å². The smallest absolute Gasteiger partial charge is 0.256 e. The van der Waals surface area contributed by atoms with Crippen LogP contribution in [0, 0.1) is 11.6 Å². The highest BCUT2D eigenvalue weighted by atomic mass is 19.2. The SMILES string of the molecule is O=C(c1cccc(F)c1F)N1CCC(N2CCCCC2)C1. The van der Waals surface area contributed by atoms with Gasteiger partial charge in [-0.05, 0) is 44.5 Å². The van der Waals surface area contributed by atoms with Crippen molar-refractivity contribution in [1.82, 2.24) is 9.80 Å². The van der Waals surface area contributed by atoms with E-state index in [1.165, 1.54) is 31.4 Å². The molecule has 0 bridgehead atoms. The molecule has 21 heavy (non-hydrogen) atoms. The van der Waals surface area contributed by atoms with E-state index in [2.05, 4.69) is 4.90 Å². The molecular formula is C16H20F2N2O. The van der Waals surface area contributed by atoms with Crippen LogP contribution in [0.15, 0.2) is 18.2 Å². The van der Waals surface area contributed by atoms with Crippen molar-refractivity contribution in [3.8, 4) is 0 Å². The first-order valence-electron chi connectivity index (χ1n) is 7.64. The summed E-state index contributed by atoms with van der Waals surface area (Å²) in [5.41, 5.74) is -0.158. The Balaban J connectivity index is 1.68. The van der Waals surface area contributed by atoms with E-state index in [1.807, 2.05) is 0 Å². The van der Waals surface area contributed by atoms with Crippen LogP contribution in [0.2, 0.25) is 0 Å². The van der Waals surface area contributed by atoms with E-state index in [0.29, 0.717) is 19.1 Å². The predicted octanol–water partition coefficient (Wildman–Crippen LogP) is 2.67. The lowest BCUT2D eigenvalue weighted by Crippen LogP contribution is -2.41. The Kier molecular flexibility index (Phi) is 4.19. The fraction of sp³-hybridized carbons (Fsp3) is 0.562. The van der Waals surface area contributed by atoms with Crippen LogP contribution < -0.4 is 0 Å². The van der Waals surface area contributed by atoms with Crippen molar-refractivity contribution in [2.24, 2.45) is 0 Å². The lowest BCUT2D eigenvalue weighted by molar-refractivity contribution is 0.0766. The molecule has 1 amide bonds. The highest BCUT2D eigenvalue weighted by molar-refractivity contribution is 5.94. The maximum absolute atomic E-state index is 13.7. The summed E-state index contributed by atoms with van der Waals surface area (Å²) >= 11 is 0. The zero-order valence-corrected chi connectivity index (χ0v) is 12.0. The molecule has 1 atom stereocenters. The van der Waals surface area contributed by atoms with Crippen molar-refractivity contribution < 1.29 is 13.6 Å². The maximum Gasteiger partial charge on any atom is 0.256 e. The van der Waals surface area contributed by atoms with Crippen LogP contribution in [0.1, 0.15) is 36.0 Å². The van der Waals surface area contributed by atoms with Crippen molar-refractivity contribution >= 4 is 5.91 Å². The van der Waals surface area contributed by atoms with Gasteiger partial charge in [-0.1, -0.05) is 12.5 Å². The van der Waals surface area contributed by atoms with Crippen LogP contribution in [-0.2, 0) is 0 Å². The topological polar surface area (TPSA) is 23.6 Å². The third-order valence-corrected chi connectivity index (χ3v) is 4.54. The number of amides is 1. The summed E-state index contributed by atoms with van der Waals surface area (Å²) in [5.74, 6) is -2.40.